The van der Waals surface area contributed by atoms with E-state index >= 15 is 0 Å². The number of hydrogen-bond acceptors (Lipinski definition) is 9. The zero-order valence-corrected chi connectivity index (χ0v) is 24.0. The van der Waals surface area contributed by atoms with Gasteiger partial charge in [-0.15, -0.1) is 6.58 Å². The van der Waals surface area contributed by atoms with Gasteiger partial charge in [-0.3, -0.25) is 9.69 Å². The van der Waals surface area contributed by atoms with Crippen LogP contribution >= 0.6 is 0 Å². The van der Waals surface area contributed by atoms with Crippen LogP contribution in [0.25, 0.3) is 16.9 Å². The third-order valence-corrected chi connectivity index (χ3v) is 8.70. The van der Waals surface area contributed by atoms with Gasteiger partial charge < -0.3 is 20.1 Å². The molecule has 42 heavy (non-hydrogen) atoms. The Labute approximate surface area is 244 Å². The molecule has 218 valence electrons. The predicted octanol–water partition coefficient (Wildman–Crippen LogP) is 3.19. The topological polar surface area (TPSA) is 114 Å². The summed E-state index contributed by atoms with van der Waals surface area (Å²) in [5, 5.41) is 14.2. The van der Waals surface area contributed by atoms with Gasteiger partial charge in [-0.1, -0.05) is 12.1 Å². The van der Waals surface area contributed by atoms with Gasteiger partial charge in [0.2, 0.25) is 5.95 Å². The van der Waals surface area contributed by atoms with Crippen LogP contribution in [0.1, 0.15) is 32.4 Å². The minimum atomic E-state index is -1.15. The summed E-state index contributed by atoms with van der Waals surface area (Å²) in [6, 6.07) is 14.1. The summed E-state index contributed by atoms with van der Waals surface area (Å²) in [5.41, 5.74) is 1.47. The van der Waals surface area contributed by atoms with Crippen molar-refractivity contribution in [3.8, 4) is 5.82 Å². The van der Waals surface area contributed by atoms with E-state index in [1.54, 1.807) is 42.8 Å². The number of pyridine rings is 1. The SMILES string of the molecule is C=CCn1c(=O)c2cnc(Nc3ccc(N4CC5(C4)OCCN4CCCC45)cc3)nc2n1-c1cccc(C(C)(C)O)n1. The first kappa shape index (κ1) is 26.8. The molecular formula is C31H36N8O3. The summed E-state index contributed by atoms with van der Waals surface area (Å²) >= 11 is 0. The van der Waals surface area contributed by atoms with Crippen molar-refractivity contribution < 1.29 is 9.84 Å². The van der Waals surface area contributed by atoms with Gasteiger partial charge in [-0.05, 0) is 69.6 Å². The molecular weight excluding hydrogens is 532 g/mol. The van der Waals surface area contributed by atoms with Crippen molar-refractivity contribution in [1.82, 2.24) is 29.2 Å². The van der Waals surface area contributed by atoms with Crippen LogP contribution in [-0.2, 0) is 16.9 Å². The van der Waals surface area contributed by atoms with Crippen molar-refractivity contribution >= 4 is 28.4 Å². The number of allylic oxidation sites excluding steroid dienone is 1. The number of anilines is 3. The van der Waals surface area contributed by atoms with Gasteiger partial charge in [-0.25, -0.2) is 19.3 Å². The Morgan fingerprint density at radius 2 is 1.98 bits per heavy atom. The molecule has 0 amide bonds. The second-order valence-electron chi connectivity index (χ2n) is 12.0. The largest absolute Gasteiger partial charge is 0.384 e. The van der Waals surface area contributed by atoms with E-state index in [9.17, 15) is 9.90 Å². The molecule has 11 nitrogen and oxygen atoms in total. The highest BCUT2D eigenvalue weighted by atomic mass is 16.5. The Morgan fingerprint density at radius 1 is 1.17 bits per heavy atom. The van der Waals surface area contributed by atoms with E-state index in [2.05, 4.69) is 43.8 Å². The zero-order valence-electron chi connectivity index (χ0n) is 24.0. The Kier molecular flexibility index (Phi) is 6.41. The van der Waals surface area contributed by atoms with Crippen LogP contribution in [0.15, 0.2) is 66.1 Å². The molecule has 0 bridgehead atoms. The predicted molar refractivity (Wildman–Crippen MR) is 162 cm³/mol. The van der Waals surface area contributed by atoms with E-state index < -0.39 is 5.60 Å². The average Bonchev–Trinajstić information content (AvgIpc) is 3.55. The molecule has 0 aliphatic carbocycles. The number of nitrogens with zero attached hydrogens (tertiary/aromatic N) is 7. The Balaban J connectivity index is 1.14. The first-order chi connectivity index (χ1) is 20.3. The van der Waals surface area contributed by atoms with Crippen molar-refractivity contribution in [2.75, 3.05) is 43.0 Å². The highest BCUT2D eigenvalue weighted by molar-refractivity contribution is 5.77. The lowest BCUT2D eigenvalue weighted by atomic mass is 9.82. The number of aromatic nitrogens is 5. The first-order valence-corrected chi connectivity index (χ1v) is 14.6. The highest BCUT2D eigenvalue weighted by Crippen LogP contribution is 2.41. The Bertz CT molecular complexity index is 1700. The van der Waals surface area contributed by atoms with Gasteiger partial charge in [0.05, 0.1) is 31.9 Å². The molecule has 3 fully saturated rings. The summed E-state index contributed by atoms with van der Waals surface area (Å²) in [4.78, 5) is 32.1. The molecule has 3 aliphatic rings. The minimum absolute atomic E-state index is 0.0337. The van der Waals surface area contributed by atoms with E-state index in [0.29, 0.717) is 34.5 Å². The number of benzene rings is 1. The molecule has 4 aromatic rings. The van der Waals surface area contributed by atoms with Crippen molar-refractivity contribution in [2.45, 2.75) is 50.5 Å². The van der Waals surface area contributed by atoms with E-state index in [0.717, 1.165) is 37.6 Å². The van der Waals surface area contributed by atoms with Crippen LogP contribution in [0, 0.1) is 0 Å². The summed E-state index contributed by atoms with van der Waals surface area (Å²) < 4.78 is 9.51. The normalized spacial score (nSPS) is 20.1. The maximum absolute atomic E-state index is 13.3. The molecule has 3 aliphatic heterocycles. The van der Waals surface area contributed by atoms with Gasteiger partial charge in [0.25, 0.3) is 5.56 Å². The van der Waals surface area contributed by atoms with E-state index in [4.69, 9.17) is 9.72 Å². The summed E-state index contributed by atoms with van der Waals surface area (Å²) in [7, 11) is 0. The number of aliphatic hydroxyl groups is 1. The number of ether oxygens (including phenoxy) is 1. The lowest BCUT2D eigenvalue weighted by Crippen LogP contribution is -2.73. The molecule has 6 heterocycles. The lowest BCUT2D eigenvalue weighted by molar-refractivity contribution is -0.149. The molecule has 2 N–H and O–H groups in total. The first-order valence-electron chi connectivity index (χ1n) is 14.6. The highest BCUT2D eigenvalue weighted by Gasteiger charge is 2.55. The molecule has 0 saturated carbocycles. The van der Waals surface area contributed by atoms with Gasteiger partial charge in [0.15, 0.2) is 11.5 Å². The lowest BCUT2D eigenvalue weighted by Gasteiger charge is -2.57. The third kappa shape index (κ3) is 4.48. The van der Waals surface area contributed by atoms with Crippen LogP contribution in [0.4, 0.5) is 17.3 Å². The number of rotatable bonds is 7. The molecule has 11 heteroatoms. The van der Waals surface area contributed by atoms with Crippen LogP contribution in [0.3, 0.4) is 0 Å². The van der Waals surface area contributed by atoms with Crippen molar-refractivity contribution in [3.05, 3.63) is 77.4 Å². The molecule has 1 aromatic carbocycles. The van der Waals surface area contributed by atoms with Gasteiger partial charge in [0, 0.05) is 30.2 Å². The molecule has 7 rings (SSSR count). The van der Waals surface area contributed by atoms with E-state index in [1.165, 1.54) is 30.3 Å². The Morgan fingerprint density at radius 3 is 2.74 bits per heavy atom. The van der Waals surface area contributed by atoms with Crippen LogP contribution in [0.2, 0.25) is 0 Å². The second-order valence-corrected chi connectivity index (χ2v) is 12.0. The third-order valence-electron chi connectivity index (χ3n) is 8.70. The number of hydrogen-bond donors (Lipinski definition) is 2. The molecule has 3 aromatic heterocycles. The quantitative estimate of drug-likeness (QED) is 0.325. The average molecular weight is 569 g/mol. The van der Waals surface area contributed by atoms with Crippen molar-refractivity contribution in [1.29, 1.82) is 0 Å². The second kappa shape index (κ2) is 10.0. The summed E-state index contributed by atoms with van der Waals surface area (Å²) in [6.45, 7) is 12.3. The molecule has 0 radical (unpaired) electrons. The molecule has 3 saturated heterocycles. The van der Waals surface area contributed by atoms with Crippen molar-refractivity contribution in [3.63, 3.8) is 0 Å². The van der Waals surface area contributed by atoms with Crippen LogP contribution < -0.4 is 15.8 Å². The maximum Gasteiger partial charge on any atom is 0.278 e. The maximum atomic E-state index is 13.3. The minimum Gasteiger partial charge on any atom is -0.384 e. The molecule has 1 atom stereocenters. The summed E-state index contributed by atoms with van der Waals surface area (Å²) in [5.74, 6) is 0.825. The summed E-state index contributed by atoms with van der Waals surface area (Å²) in [6.07, 6.45) is 5.68. The number of fused-ring (bicyclic) bond motifs is 3. The molecule has 1 unspecified atom stereocenters. The fraction of sp³-hybridized carbons (Fsp3) is 0.419. The monoisotopic (exact) mass is 568 g/mol. The van der Waals surface area contributed by atoms with Crippen LogP contribution in [0.5, 0.6) is 0 Å². The van der Waals surface area contributed by atoms with Crippen molar-refractivity contribution in [2.24, 2.45) is 0 Å². The Hall–Kier alpha value is -4.06. The zero-order chi connectivity index (χ0) is 29.1. The van der Waals surface area contributed by atoms with Gasteiger partial charge in [0.1, 0.15) is 16.6 Å². The van der Waals surface area contributed by atoms with Gasteiger partial charge in [-0.2, -0.15) is 4.98 Å². The van der Waals surface area contributed by atoms with Crippen LogP contribution in [-0.4, -0.2) is 78.8 Å². The van der Waals surface area contributed by atoms with E-state index in [1.807, 2.05) is 12.1 Å². The van der Waals surface area contributed by atoms with Gasteiger partial charge >= 0.3 is 0 Å². The fourth-order valence-electron chi connectivity index (χ4n) is 6.61. The number of morpholine rings is 1. The standard InChI is InChI=1S/C31H36N8O3/c1-4-14-38-28(40)23-18-32-29(35-27(23)39(38)26-9-5-7-24(34-26)30(2,3)41)33-21-10-12-22(13-11-21)37-19-31(20-37)25-8-6-15-36(25)16-17-42-31/h4-5,7,9-13,18,25,41H,1,6,8,14-17,19-20H2,2-3H3,(H,32,33,35). The molecule has 1 spiro atoms. The van der Waals surface area contributed by atoms with E-state index in [-0.39, 0.29) is 17.7 Å². The fourth-order valence-corrected chi connectivity index (χ4v) is 6.61. The number of nitrogens with one attached hydrogen (secondary N) is 1. The smallest absolute Gasteiger partial charge is 0.278 e.